The topological polar surface area (TPSA) is 164 Å². The van der Waals surface area contributed by atoms with E-state index < -0.39 is 39.0 Å². The Hall–Kier alpha value is -0.790. The maximum atomic E-state index is 11.9. The van der Waals surface area contributed by atoms with Crippen LogP contribution in [0.3, 0.4) is 0 Å². The Bertz CT molecular complexity index is 1060. The van der Waals surface area contributed by atoms with Crippen LogP contribution in [0, 0.1) is 46.3 Å². The van der Waals surface area contributed by atoms with Crippen LogP contribution in [0.15, 0.2) is 0 Å². The molecule has 0 bridgehead atoms. The fourth-order valence-electron chi connectivity index (χ4n) is 9.20. The van der Waals surface area contributed by atoms with Crippen LogP contribution in [-0.4, -0.2) is 49.2 Å². The van der Waals surface area contributed by atoms with Crippen molar-refractivity contribution in [3.8, 4) is 0 Å². The summed E-state index contributed by atoms with van der Waals surface area (Å²) in [7, 11) is -9.30. The summed E-state index contributed by atoms with van der Waals surface area (Å²) in [5, 5.41) is 9.17. The van der Waals surface area contributed by atoms with E-state index in [1.165, 1.54) is 0 Å². The number of carbonyl (C=O) groups is 1. The van der Waals surface area contributed by atoms with E-state index in [-0.39, 0.29) is 46.8 Å². The lowest BCUT2D eigenvalue weighted by atomic mass is 9.43. The molecule has 208 valence electrons. The molecule has 3 N–H and O–H groups in total. The number of hydrogen-bond donors (Lipinski definition) is 3. The Morgan fingerprint density at radius 2 is 1.53 bits per heavy atom. The summed E-state index contributed by atoms with van der Waals surface area (Å²) in [4.78, 5) is 11.2. The van der Waals surface area contributed by atoms with Crippen molar-refractivity contribution >= 4 is 26.8 Å². The van der Waals surface area contributed by atoms with Gasteiger partial charge in [-0.15, -0.1) is 0 Å². The number of aliphatic carboxylic acids is 1. The van der Waals surface area contributed by atoms with E-state index in [4.69, 9.17) is 13.5 Å². The Labute approximate surface area is 214 Å². The molecule has 4 saturated carbocycles. The van der Waals surface area contributed by atoms with Crippen LogP contribution in [0.5, 0.6) is 0 Å². The summed E-state index contributed by atoms with van der Waals surface area (Å²) in [6.45, 7) is 6.58. The number of rotatable bonds is 8. The van der Waals surface area contributed by atoms with Gasteiger partial charge in [-0.3, -0.25) is 13.9 Å². The van der Waals surface area contributed by atoms with E-state index in [0.29, 0.717) is 38.0 Å². The van der Waals surface area contributed by atoms with E-state index in [2.05, 4.69) is 20.8 Å². The van der Waals surface area contributed by atoms with Gasteiger partial charge in [0.05, 0.1) is 12.2 Å². The number of carboxylic acid groups (broad SMARTS) is 1. The fraction of sp³-hybridized carbons (Fsp3) is 0.958. The molecule has 10 atom stereocenters. The van der Waals surface area contributed by atoms with Gasteiger partial charge in [0, 0.05) is 6.42 Å². The summed E-state index contributed by atoms with van der Waals surface area (Å²) in [5.41, 5.74) is -0.244. The van der Waals surface area contributed by atoms with Crippen LogP contribution in [0.2, 0.25) is 0 Å². The van der Waals surface area contributed by atoms with Crippen molar-refractivity contribution in [2.24, 2.45) is 46.3 Å². The second-order valence-corrected chi connectivity index (χ2v) is 14.4. The third kappa shape index (κ3) is 5.49. The van der Waals surface area contributed by atoms with E-state index in [9.17, 15) is 30.7 Å². The Morgan fingerprint density at radius 1 is 0.917 bits per heavy atom. The first-order valence-corrected chi connectivity index (χ1v) is 15.8. The molecule has 36 heavy (non-hydrogen) atoms. The van der Waals surface area contributed by atoms with E-state index in [1.807, 2.05) is 0 Å². The Balaban J connectivity index is 1.63. The summed E-state index contributed by atoms with van der Waals surface area (Å²) in [6.07, 6.45) is 4.89. The van der Waals surface area contributed by atoms with E-state index in [0.717, 1.165) is 25.7 Å². The summed E-state index contributed by atoms with van der Waals surface area (Å²) < 4.78 is 75.5. The van der Waals surface area contributed by atoms with Crippen molar-refractivity contribution in [3.05, 3.63) is 0 Å². The number of hydrogen-bond acceptors (Lipinski definition) is 7. The first-order valence-electron chi connectivity index (χ1n) is 13.1. The summed E-state index contributed by atoms with van der Waals surface area (Å²) >= 11 is 0. The molecule has 4 fully saturated rings. The highest BCUT2D eigenvalue weighted by Gasteiger charge is 2.64. The van der Waals surface area contributed by atoms with Crippen LogP contribution in [-0.2, 0) is 34.0 Å². The fourth-order valence-corrected chi connectivity index (χ4v) is 10.2. The minimum absolute atomic E-state index is 0.0750. The number of fused-ring (bicyclic) bond motifs is 5. The molecule has 4 aliphatic rings. The molecule has 0 saturated heterocycles. The predicted molar refractivity (Wildman–Crippen MR) is 129 cm³/mol. The zero-order chi connectivity index (χ0) is 26.7. The maximum absolute atomic E-state index is 11.9. The molecular weight excluding hydrogens is 512 g/mol. The summed E-state index contributed by atoms with van der Waals surface area (Å²) in [6, 6.07) is 0. The average molecular weight is 553 g/mol. The molecule has 0 radical (unpaired) electrons. The normalized spacial score (nSPS) is 43.8. The average Bonchev–Trinajstić information content (AvgIpc) is 3.08. The molecule has 0 aromatic carbocycles. The zero-order valence-electron chi connectivity index (χ0n) is 21.2. The van der Waals surface area contributed by atoms with Gasteiger partial charge < -0.3 is 5.11 Å². The molecule has 4 aliphatic carbocycles. The van der Waals surface area contributed by atoms with Crippen molar-refractivity contribution in [2.45, 2.75) is 97.2 Å². The monoisotopic (exact) mass is 552 g/mol. The van der Waals surface area contributed by atoms with Crippen molar-refractivity contribution in [1.82, 2.24) is 0 Å². The van der Waals surface area contributed by atoms with Gasteiger partial charge in [0.1, 0.15) is 0 Å². The highest BCUT2D eigenvalue weighted by molar-refractivity contribution is 7.81. The van der Waals surface area contributed by atoms with Gasteiger partial charge >= 0.3 is 26.8 Å². The first kappa shape index (κ1) is 28.2. The van der Waals surface area contributed by atoms with Crippen LogP contribution < -0.4 is 0 Å². The molecular formula is C24H40O10S2. The second-order valence-electron chi connectivity index (χ2n) is 12.3. The highest BCUT2D eigenvalue weighted by Crippen LogP contribution is 2.69. The molecule has 4 rings (SSSR count). The smallest absolute Gasteiger partial charge is 0.397 e. The minimum Gasteiger partial charge on any atom is -0.481 e. The van der Waals surface area contributed by atoms with Crippen LogP contribution in [0.4, 0.5) is 0 Å². The lowest BCUT2D eigenvalue weighted by molar-refractivity contribution is -0.166. The minimum atomic E-state index is -4.70. The third-order valence-corrected chi connectivity index (χ3v) is 11.7. The zero-order valence-corrected chi connectivity index (χ0v) is 22.8. The number of carboxylic acids is 1. The maximum Gasteiger partial charge on any atom is 0.397 e. The van der Waals surface area contributed by atoms with Crippen LogP contribution in [0.1, 0.15) is 85.0 Å². The van der Waals surface area contributed by atoms with Crippen LogP contribution in [0.25, 0.3) is 0 Å². The van der Waals surface area contributed by atoms with Gasteiger partial charge in [0.25, 0.3) is 0 Å². The first-order chi connectivity index (χ1) is 16.5. The van der Waals surface area contributed by atoms with Gasteiger partial charge in [-0.25, -0.2) is 8.37 Å². The molecule has 0 aromatic heterocycles. The van der Waals surface area contributed by atoms with Crippen LogP contribution >= 0.6 is 0 Å². The lowest BCUT2D eigenvalue weighted by Gasteiger charge is -2.62. The van der Waals surface area contributed by atoms with Gasteiger partial charge in [-0.1, -0.05) is 20.8 Å². The predicted octanol–water partition coefficient (Wildman–Crippen LogP) is 4.13. The molecule has 0 amide bonds. The van der Waals surface area contributed by atoms with Crippen molar-refractivity contribution < 1.29 is 44.2 Å². The molecule has 0 aromatic rings. The van der Waals surface area contributed by atoms with Gasteiger partial charge in [0.15, 0.2) is 0 Å². The lowest BCUT2D eigenvalue weighted by Crippen LogP contribution is -2.59. The molecule has 0 aliphatic heterocycles. The quantitative estimate of drug-likeness (QED) is 0.373. The second kappa shape index (κ2) is 9.75. The SMILES string of the molecule is C[C@H](CCC(=O)O)[C@H]1CC[C@H]2[C@@H]3[C@@H](OS(=O)(=O)O)C[C@@H]4C[C@@H](OS(=O)(=O)O)CC[C@]4(C)[C@H]3CC[C@]12C. The van der Waals surface area contributed by atoms with Gasteiger partial charge in [0.2, 0.25) is 0 Å². The standard InChI is InChI=1S/C24H40O10S2/c1-14(4-7-21(25)26)17-5-6-18-22-19(9-11-24(17,18)3)23(2)10-8-16(33-35(27,28)29)12-15(23)13-20(22)34-36(30,31)32/h14-20,22H,4-13H2,1-3H3,(H,25,26)(H,27,28,29)(H,30,31,32)/t14-,15+,16+,17-,18+,19+,20+,22+,23+,24-/m1/s1. The van der Waals surface area contributed by atoms with Gasteiger partial charge in [-0.2, -0.15) is 16.8 Å². The van der Waals surface area contributed by atoms with Crippen molar-refractivity contribution in [3.63, 3.8) is 0 Å². The Kier molecular flexibility index (Phi) is 7.64. The van der Waals surface area contributed by atoms with Gasteiger partial charge in [-0.05, 0) is 104 Å². The highest BCUT2D eigenvalue weighted by atomic mass is 32.3. The van der Waals surface area contributed by atoms with E-state index in [1.54, 1.807) is 0 Å². The summed E-state index contributed by atoms with van der Waals surface area (Å²) in [5.74, 6) is -0.0748. The molecule has 0 unspecified atom stereocenters. The molecule has 10 nitrogen and oxygen atoms in total. The van der Waals surface area contributed by atoms with Crippen molar-refractivity contribution in [2.75, 3.05) is 0 Å². The molecule has 0 heterocycles. The Morgan fingerprint density at radius 3 is 2.14 bits per heavy atom. The molecule has 12 heteroatoms. The third-order valence-electron chi connectivity index (χ3n) is 10.7. The largest absolute Gasteiger partial charge is 0.481 e. The van der Waals surface area contributed by atoms with Crippen molar-refractivity contribution in [1.29, 1.82) is 0 Å². The molecule has 0 spiro atoms. The van der Waals surface area contributed by atoms with E-state index >= 15 is 0 Å².